The molecule has 0 spiro atoms. The van der Waals surface area contributed by atoms with Gasteiger partial charge in [-0.2, -0.15) is 0 Å². The lowest BCUT2D eigenvalue weighted by Gasteiger charge is -2.58. The Hall–Kier alpha value is -2.50. The van der Waals surface area contributed by atoms with Gasteiger partial charge in [0.2, 0.25) is 0 Å². The van der Waals surface area contributed by atoms with Crippen LogP contribution in [0.15, 0.2) is 24.5 Å². The molecule has 0 amide bonds. The average Bonchev–Trinajstić information content (AvgIpc) is 3.52. The highest BCUT2D eigenvalue weighted by Crippen LogP contribution is 2.70. The van der Waals surface area contributed by atoms with E-state index in [1.165, 1.54) is 48.2 Å². The smallest absolute Gasteiger partial charge is 0.310 e. The van der Waals surface area contributed by atoms with Crippen LogP contribution in [0.4, 0.5) is 0 Å². The Morgan fingerprint density at radius 3 is 1.61 bits per heavy atom. The second-order valence-corrected chi connectivity index (χ2v) is 12.5. The molecule has 2 fully saturated rings. The van der Waals surface area contributed by atoms with Crippen molar-refractivity contribution in [3.63, 3.8) is 0 Å². The van der Waals surface area contributed by atoms with E-state index in [0.717, 1.165) is 38.8 Å². The quantitative estimate of drug-likeness (QED) is 0.534. The van der Waals surface area contributed by atoms with Crippen LogP contribution in [0.5, 0.6) is 0 Å². The van der Waals surface area contributed by atoms with Crippen molar-refractivity contribution in [2.45, 2.75) is 113 Å². The van der Waals surface area contributed by atoms with Crippen molar-refractivity contribution >= 4 is 11.9 Å². The maximum absolute atomic E-state index is 13.6. The van der Waals surface area contributed by atoms with Gasteiger partial charge in [-0.1, -0.05) is 26.7 Å². The second kappa shape index (κ2) is 7.08. The van der Waals surface area contributed by atoms with Crippen molar-refractivity contribution < 1.29 is 19.1 Å². The zero-order valence-corrected chi connectivity index (χ0v) is 21.4. The number of carbonyl (C=O) groups excluding carboxylic acids is 2. The fraction of sp³-hybridized carbons (Fsp3) is 0.667. The Bertz CT molecular complexity index is 1190. The summed E-state index contributed by atoms with van der Waals surface area (Å²) >= 11 is 0. The van der Waals surface area contributed by atoms with Gasteiger partial charge in [0.05, 0.1) is 22.7 Å². The molecule has 0 bridgehead atoms. The van der Waals surface area contributed by atoms with Crippen LogP contribution in [0.2, 0.25) is 0 Å². The number of esters is 2. The summed E-state index contributed by atoms with van der Waals surface area (Å²) in [5.41, 5.74) is 4.13. The Kier molecular flexibility index (Phi) is 4.24. The van der Waals surface area contributed by atoms with Gasteiger partial charge in [-0.3, -0.25) is 9.59 Å². The highest BCUT2D eigenvalue weighted by molar-refractivity contribution is 5.84. The molecule has 0 saturated carbocycles. The fourth-order valence-electron chi connectivity index (χ4n) is 10.1. The van der Waals surface area contributed by atoms with Crippen LogP contribution >= 0.6 is 0 Å². The van der Waals surface area contributed by atoms with E-state index in [1.54, 1.807) is 0 Å². The standard InChI is InChI=1S/C30H36N2O4/c1-17-27(33)35-23-15-19-7-3-5-11-31-13-9-21(25(19)31)29(17,23)30-18(2)28(34)36-24(30)16-20-8-4-6-12-32-14-10-22(30)26(20)32/h9-10,13-14,17-20,23-24H,3-8,11-12,15-16H2,1-2H3/t17-,18-,19+,20+,23-,24-,29-,30-/m0/s1. The van der Waals surface area contributed by atoms with Crippen molar-refractivity contribution in [1.29, 1.82) is 0 Å². The van der Waals surface area contributed by atoms with E-state index in [-0.39, 0.29) is 36.0 Å². The molecule has 6 nitrogen and oxygen atoms in total. The number of ether oxygens (including phenoxy) is 2. The van der Waals surface area contributed by atoms with E-state index in [2.05, 4.69) is 47.5 Å². The molecule has 0 N–H and O–H groups in total. The summed E-state index contributed by atoms with van der Waals surface area (Å²) in [5, 5.41) is 0. The Balaban J connectivity index is 1.48. The maximum atomic E-state index is 13.6. The molecule has 2 aromatic heterocycles. The molecule has 6 heterocycles. The molecule has 6 aliphatic rings. The van der Waals surface area contributed by atoms with Crippen LogP contribution in [-0.2, 0) is 43.0 Å². The minimum atomic E-state index is -0.609. The van der Waals surface area contributed by atoms with Crippen LogP contribution < -0.4 is 0 Å². The van der Waals surface area contributed by atoms with Crippen LogP contribution in [0.3, 0.4) is 0 Å². The monoisotopic (exact) mass is 488 g/mol. The van der Waals surface area contributed by atoms with Gasteiger partial charge in [-0.05, 0) is 61.8 Å². The molecule has 36 heavy (non-hydrogen) atoms. The highest BCUT2D eigenvalue weighted by atomic mass is 16.6. The first-order chi connectivity index (χ1) is 17.5. The molecule has 2 aromatic rings. The van der Waals surface area contributed by atoms with E-state index >= 15 is 0 Å². The Morgan fingerprint density at radius 1 is 0.722 bits per heavy atom. The summed E-state index contributed by atoms with van der Waals surface area (Å²) in [5.74, 6) is -0.0851. The van der Waals surface area contributed by atoms with Gasteiger partial charge in [0.15, 0.2) is 0 Å². The number of aryl methyl sites for hydroxylation is 2. The molecule has 8 atom stereocenters. The zero-order valence-electron chi connectivity index (χ0n) is 21.4. The van der Waals surface area contributed by atoms with Crippen molar-refractivity contribution in [1.82, 2.24) is 9.13 Å². The van der Waals surface area contributed by atoms with E-state index in [1.807, 2.05) is 0 Å². The number of hydrogen-bond acceptors (Lipinski definition) is 4. The normalized spacial score (nSPS) is 42.4. The largest absolute Gasteiger partial charge is 0.461 e. The topological polar surface area (TPSA) is 62.5 Å². The van der Waals surface area contributed by atoms with Gasteiger partial charge in [-0.15, -0.1) is 0 Å². The van der Waals surface area contributed by atoms with Crippen molar-refractivity contribution in [2.75, 3.05) is 0 Å². The molecule has 190 valence electrons. The summed E-state index contributed by atoms with van der Waals surface area (Å²) in [6.45, 7) is 6.21. The number of nitrogens with zero attached hydrogens (tertiary/aromatic N) is 2. The fourth-order valence-corrected chi connectivity index (χ4v) is 10.1. The molecule has 8 rings (SSSR count). The van der Waals surface area contributed by atoms with Crippen LogP contribution in [0.1, 0.15) is 99.6 Å². The van der Waals surface area contributed by atoms with Gasteiger partial charge in [-0.25, -0.2) is 0 Å². The molecule has 0 unspecified atom stereocenters. The minimum absolute atomic E-state index is 0.108. The third-order valence-corrected chi connectivity index (χ3v) is 11.4. The molecule has 0 radical (unpaired) electrons. The SMILES string of the molecule is C[C@H]1C(=O)O[C@H]2C[C@H]3CCCCn4ccc(c43)[C@]21[C@@]12c3ccn4c3[C@H](CCCC4)C[C@@H]1OC(=O)[C@@H]2C. The number of rotatable bonds is 1. The Morgan fingerprint density at radius 2 is 1.17 bits per heavy atom. The van der Waals surface area contributed by atoms with Gasteiger partial charge in [0.1, 0.15) is 12.2 Å². The lowest BCUT2D eigenvalue weighted by molar-refractivity contribution is -0.145. The first kappa shape index (κ1) is 21.6. The van der Waals surface area contributed by atoms with Crippen molar-refractivity contribution in [3.8, 4) is 0 Å². The van der Waals surface area contributed by atoms with Crippen LogP contribution in [0.25, 0.3) is 0 Å². The number of fused-ring (bicyclic) bond motifs is 5. The predicted octanol–water partition coefficient (Wildman–Crippen LogP) is 4.93. The summed E-state index contributed by atoms with van der Waals surface area (Å²) in [4.78, 5) is 27.2. The average molecular weight is 489 g/mol. The molecule has 6 heteroatoms. The predicted molar refractivity (Wildman–Crippen MR) is 133 cm³/mol. The molecular weight excluding hydrogens is 452 g/mol. The second-order valence-electron chi connectivity index (χ2n) is 12.5. The van der Waals surface area contributed by atoms with Crippen molar-refractivity contribution in [3.05, 3.63) is 47.0 Å². The van der Waals surface area contributed by atoms with Crippen LogP contribution in [-0.4, -0.2) is 33.3 Å². The van der Waals surface area contributed by atoms with E-state index in [0.29, 0.717) is 11.8 Å². The van der Waals surface area contributed by atoms with Gasteiger partial charge in [0.25, 0.3) is 0 Å². The molecule has 0 aromatic carbocycles. The minimum Gasteiger partial charge on any atom is -0.461 e. The summed E-state index contributed by atoms with van der Waals surface area (Å²) in [6, 6.07) is 4.58. The van der Waals surface area contributed by atoms with Crippen LogP contribution in [0, 0.1) is 11.8 Å². The summed E-state index contributed by atoms with van der Waals surface area (Å²) in [6.07, 6.45) is 12.8. The molecule has 4 aliphatic heterocycles. The van der Waals surface area contributed by atoms with Gasteiger partial charge < -0.3 is 18.6 Å². The number of hydrogen-bond donors (Lipinski definition) is 0. The van der Waals surface area contributed by atoms with E-state index < -0.39 is 10.8 Å². The first-order valence-electron chi connectivity index (χ1n) is 14.3. The highest BCUT2D eigenvalue weighted by Gasteiger charge is 2.78. The third kappa shape index (κ3) is 2.24. The molecule has 2 aliphatic carbocycles. The molecule has 2 saturated heterocycles. The van der Waals surface area contributed by atoms with Gasteiger partial charge in [0, 0.05) is 48.7 Å². The number of aromatic nitrogens is 2. The lowest BCUT2D eigenvalue weighted by Crippen LogP contribution is -2.66. The van der Waals surface area contributed by atoms with E-state index in [9.17, 15) is 9.59 Å². The van der Waals surface area contributed by atoms with Gasteiger partial charge >= 0.3 is 11.9 Å². The van der Waals surface area contributed by atoms with Crippen molar-refractivity contribution in [2.24, 2.45) is 11.8 Å². The van der Waals surface area contributed by atoms with E-state index in [4.69, 9.17) is 9.47 Å². The summed E-state index contributed by atoms with van der Waals surface area (Å²) in [7, 11) is 0. The zero-order chi connectivity index (χ0) is 24.4. The molecular formula is C30H36N2O4. The lowest BCUT2D eigenvalue weighted by atomic mass is 9.42. The Labute approximate surface area is 212 Å². The third-order valence-electron chi connectivity index (χ3n) is 11.4. The first-order valence-corrected chi connectivity index (χ1v) is 14.3. The number of carbonyl (C=O) groups is 2. The summed E-state index contributed by atoms with van der Waals surface area (Å²) < 4.78 is 17.7. The maximum Gasteiger partial charge on any atom is 0.310 e.